The minimum Gasteiger partial charge on any atom is -0.324 e. The number of hydrogen-bond acceptors (Lipinski definition) is 2. The standard InChI is InChI=1S/C9H6Cl2N2O/c10-5-1-2-7-6(3-5)9(11)12-4-8(14)13-7/h1-3H,4H2,(H,13,14). The normalized spacial score (nSPS) is 15.3. The molecule has 0 saturated heterocycles. The van der Waals surface area contributed by atoms with Gasteiger partial charge in [0.05, 0.1) is 5.69 Å². The van der Waals surface area contributed by atoms with Gasteiger partial charge < -0.3 is 5.32 Å². The van der Waals surface area contributed by atoms with Crippen LogP contribution in [-0.4, -0.2) is 17.6 Å². The van der Waals surface area contributed by atoms with Crippen LogP contribution < -0.4 is 5.32 Å². The average Bonchev–Trinajstić information content (AvgIpc) is 2.29. The van der Waals surface area contributed by atoms with E-state index in [1.54, 1.807) is 18.2 Å². The number of halogens is 2. The van der Waals surface area contributed by atoms with E-state index in [9.17, 15) is 4.79 Å². The summed E-state index contributed by atoms with van der Waals surface area (Å²) in [5.41, 5.74) is 1.30. The number of carbonyl (C=O) groups excluding carboxylic acids is 1. The van der Waals surface area contributed by atoms with Crippen molar-refractivity contribution in [2.75, 3.05) is 11.9 Å². The molecule has 2 rings (SSSR count). The van der Waals surface area contributed by atoms with Crippen LogP contribution in [0.2, 0.25) is 5.02 Å². The van der Waals surface area contributed by atoms with E-state index in [1.807, 2.05) is 0 Å². The van der Waals surface area contributed by atoms with Crippen molar-refractivity contribution in [3.63, 3.8) is 0 Å². The summed E-state index contributed by atoms with van der Waals surface area (Å²) in [6.07, 6.45) is 0. The van der Waals surface area contributed by atoms with Gasteiger partial charge in [-0.1, -0.05) is 23.2 Å². The number of amides is 1. The summed E-state index contributed by atoms with van der Waals surface area (Å²) in [5.74, 6) is -0.177. The van der Waals surface area contributed by atoms with Gasteiger partial charge in [0.25, 0.3) is 0 Å². The Kier molecular flexibility index (Phi) is 2.44. The highest BCUT2D eigenvalue weighted by molar-refractivity contribution is 6.70. The number of benzene rings is 1. The van der Waals surface area contributed by atoms with Gasteiger partial charge in [-0.05, 0) is 18.2 Å². The van der Waals surface area contributed by atoms with Crippen molar-refractivity contribution in [1.82, 2.24) is 0 Å². The Morgan fingerprint density at radius 3 is 2.93 bits per heavy atom. The maximum absolute atomic E-state index is 11.2. The molecule has 5 heteroatoms. The monoisotopic (exact) mass is 228 g/mol. The first-order valence-electron chi connectivity index (χ1n) is 3.96. The predicted octanol–water partition coefficient (Wildman–Crippen LogP) is 2.28. The van der Waals surface area contributed by atoms with E-state index in [0.717, 1.165) is 0 Å². The van der Waals surface area contributed by atoms with E-state index < -0.39 is 0 Å². The fourth-order valence-corrected chi connectivity index (χ4v) is 1.60. The van der Waals surface area contributed by atoms with Gasteiger partial charge in [0.2, 0.25) is 5.91 Å². The van der Waals surface area contributed by atoms with Gasteiger partial charge in [-0.3, -0.25) is 9.79 Å². The Labute approximate surface area is 90.7 Å². The first-order chi connectivity index (χ1) is 6.66. The Morgan fingerprint density at radius 1 is 1.36 bits per heavy atom. The molecule has 1 aliphatic heterocycles. The van der Waals surface area contributed by atoms with Crippen molar-refractivity contribution in [1.29, 1.82) is 0 Å². The third-order valence-electron chi connectivity index (χ3n) is 1.84. The molecule has 0 atom stereocenters. The highest BCUT2D eigenvalue weighted by atomic mass is 35.5. The van der Waals surface area contributed by atoms with Crippen molar-refractivity contribution in [3.8, 4) is 0 Å². The molecule has 0 bridgehead atoms. The number of fused-ring (bicyclic) bond motifs is 1. The first-order valence-corrected chi connectivity index (χ1v) is 4.72. The summed E-state index contributed by atoms with van der Waals surface area (Å²) in [7, 11) is 0. The van der Waals surface area contributed by atoms with Crippen LogP contribution in [0.5, 0.6) is 0 Å². The van der Waals surface area contributed by atoms with Crippen molar-refractivity contribution >= 4 is 40.0 Å². The van der Waals surface area contributed by atoms with Gasteiger partial charge in [0.15, 0.2) is 0 Å². The fraction of sp³-hybridized carbons (Fsp3) is 0.111. The molecule has 14 heavy (non-hydrogen) atoms. The summed E-state index contributed by atoms with van der Waals surface area (Å²) in [6.45, 7) is 0.0468. The minimum atomic E-state index is -0.177. The molecule has 1 N–H and O–H groups in total. The van der Waals surface area contributed by atoms with E-state index >= 15 is 0 Å². The molecule has 0 spiro atoms. The number of carbonyl (C=O) groups is 1. The Balaban J connectivity index is 2.57. The molecule has 1 aliphatic rings. The molecule has 0 radical (unpaired) electrons. The van der Waals surface area contributed by atoms with Crippen molar-refractivity contribution in [2.45, 2.75) is 0 Å². The maximum Gasteiger partial charge on any atom is 0.246 e. The van der Waals surface area contributed by atoms with Crippen LogP contribution in [0, 0.1) is 0 Å². The largest absolute Gasteiger partial charge is 0.324 e. The molecular weight excluding hydrogens is 223 g/mol. The molecule has 72 valence electrons. The third kappa shape index (κ3) is 1.74. The van der Waals surface area contributed by atoms with Crippen LogP contribution in [0.15, 0.2) is 23.2 Å². The average molecular weight is 229 g/mol. The van der Waals surface area contributed by atoms with Crippen molar-refractivity contribution < 1.29 is 4.79 Å². The highest BCUT2D eigenvalue weighted by Crippen LogP contribution is 2.24. The quantitative estimate of drug-likeness (QED) is 0.728. The van der Waals surface area contributed by atoms with Gasteiger partial charge in [-0.2, -0.15) is 0 Å². The number of rotatable bonds is 0. The van der Waals surface area contributed by atoms with Crippen LogP contribution in [0.1, 0.15) is 5.56 Å². The molecule has 1 heterocycles. The molecule has 1 amide bonds. The van der Waals surface area contributed by atoms with Crippen LogP contribution in [0.25, 0.3) is 0 Å². The summed E-state index contributed by atoms with van der Waals surface area (Å²) in [4.78, 5) is 15.1. The zero-order valence-corrected chi connectivity index (χ0v) is 8.56. The topological polar surface area (TPSA) is 41.5 Å². The summed E-state index contributed by atoms with van der Waals surface area (Å²) < 4.78 is 0. The second-order valence-electron chi connectivity index (χ2n) is 2.85. The van der Waals surface area contributed by atoms with E-state index in [4.69, 9.17) is 23.2 Å². The van der Waals surface area contributed by atoms with Gasteiger partial charge in [0.1, 0.15) is 11.7 Å². The van der Waals surface area contributed by atoms with Crippen LogP contribution in [0.3, 0.4) is 0 Å². The van der Waals surface area contributed by atoms with Crippen LogP contribution in [0.4, 0.5) is 5.69 Å². The lowest BCUT2D eigenvalue weighted by Crippen LogP contribution is -2.13. The molecule has 0 fully saturated rings. The SMILES string of the molecule is O=C1CN=C(Cl)c2cc(Cl)ccc2N1. The molecule has 3 nitrogen and oxygen atoms in total. The molecule has 0 saturated carbocycles. The molecule has 1 aromatic rings. The van der Waals surface area contributed by atoms with E-state index in [1.165, 1.54) is 0 Å². The second kappa shape index (κ2) is 3.59. The van der Waals surface area contributed by atoms with Gasteiger partial charge >= 0.3 is 0 Å². The van der Waals surface area contributed by atoms with Crippen LogP contribution in [-0.2, 0) is 4.79 Å². The number of anilines is 1. The number of nitrogens with one attached hydrogen (secondary N) is 1. The lowest BCUT2D eigenvalue weighted by molar-refractivity contribution is -0.114. The van der Waals surface area contributed by atoms with E-state index in [-0.39, 0.29) is 12.5 Å². The van der Waals surface area contributed by atoms with Gasteiger partial charge in [0, 0.05) is 10.6 Å². The number of nitrogens with zero attached hydrogens (tertiary/aromatic N) is 1. The Bertz CT molecular complexity index is 429. The fourth-order valence-electron chi connectivity index (χ4n) is 1.21. The van der Waals surface area contributed by atoms with E-state index in [0.29, 0.717) is 21.4 Å². The number of benzodiazepines with no additional fused rings is 1. The summed E-state index contributed by atoms with van der Waals surface area (Å²) >= 11 is 11.7. The Morgan fingerprint density at radius 2 is 2.14 bits per heavy atom. The second-order valence-corrected chi connectivity index (χ2v) is 3.64. The molecule has 0 unspecified atom stereocenters. The minimum absolute atomic E-state index is 0.0468. The zero-order chi connectivity index (χ0) is 10.1. The molecule has 0 aliphatic carbocycles. The van der Waals surface area contributed by atoms with Crippen molar-refractivity contribution in [2.24, 2.45) is 4.99 Å². The first kappa shape index (κ1) is 9.49. The van der Waals surface area contributed by atoms with Crippen LogP contribution >= 0.6 is 23.2 Å². The van der Waals surface area contributed by atoms with Gasteiger partial charge in [-0.25, -0.2) is 0 Å². The number of hydrogen-bond donors (Lipinski definition) is 1. The van der Waals surface area contributed by atoms with E-state index in [2.05, 4.69) is 10.3 Å². The Hall–Kier alpha value is -1.06. The highest BCUT2D eigenvalue weighted by Gasteiger charge is 2.14. The summed E-state index contributed by atoms with van der Waals surface area (Å²) in [5, 5.41) is 3.55. The zero-order valence-electron chi connectivity index (χ0n) is 7.05. The molecule has 1 aromatic carbocycles. The molecule has 0 aromatic heterocycles. The molecular formula is C9H6Cl2N2O. The summed E-state index contributed by atoms with van der Waals surface area (Å²) in [6, 6.07) is 5.07. The van der Waals surface area contributed by atoms with Gasteiger partial charge in [-0.15, -0.1) is 0 Å². The maximum atomic E-state index is 11.2. The smallest absolute Gasteiger partial charge is 0.246 e. The lowest BCUT2D eigenvalue weighted by Gasteiger charge is -2.05. The third-order valence-corrected chi connectivity index (χ3v) is 2.40. The lowest BCUT2D eigenvalue weighted by atomic mass is 10.2. The van der Waals surface area contributed by atoms with Crippen molar-refractivity contribution in [3.05, 3.63) is 28.8 Å². The predicted molar refractivity (Wildman–Crippen MR) is 57.3 cm³/mol. The number of aliphatic imine (C=N–C) groups is 1.